The minimum absolute atomic E-state index is 0.0572. The second-order valence-corrected chi connectivity index (χ2v) is 17.6. The number of piperidine rings is 2. The normalized spacial score (nSPS) is 22.4. The number of carbonyl (C=O) groups excluding carboxylic acids is 3. The summed E-state index contributed by atoms with van der Waals surface area (Å²) in [6.07, 6.45) is 7.08. The van der Waals surface area contributed by atoms with E-state index in [0.29, 0.717) is 67.3 Å². The second-order valence-electron chi connectivity index (χ2n) is 17.6. The second kappa shape index (κ2) is 20.7. The number of nitrogens with zero attached hydrogens (tertiary/aromatic N) is 9. The molecule has 6 aliphatic rings. The number of amides is 2. The number of hydrogen-bond donors (Lipinski definition) is 3. The lowest BCUT2D eigenvalue weighted by Crippen LogP contribution is -2.56. The van der Waals surface area contributed by atoms with Gasteiger partial charge in [0.15, 0.2) is 23.2 Å². The van der Waals surface area contributed by atoms with Crippen LogP contribution >= 0.6 is 0 Å². The maximum atomic E-state index is 13.4. The van der Waals surface area contributed by atoms with Crippen molar-refractivity contribution in [3.8, 4) is 11.8 Å². The number of methoxy groups -OCH3 is 2. The van der Waals surface area contributed by atoms with Gasteiger partial charge in [0.25, 0.3) is 0 Å². The molecule has 68 heavy (non-hydrogen) atoms. The molecule has 4 fully saturated rings. The fraction of sp³-hybridized carbons (Fsp3) is 0.533. The first-order chi connectivity index (χ1) is 32.7. The molecule has 23 nitrogen and oxygen atoms in total. The Bertz CT molecular complexity index is 2450. The van der Waals surface area contributed by atoms with Crippen molar-refractivity contribution < 1.29 is 52.3 Å². The highest BCUT2D eigenvalue weighted by atomic mass is 16.8. The molecule has 4 aromatic heterocycles. The van der Waals surface area contributed by atoms with Gasteiger partial charge in [0, 0.05) is 44.4 Å². The predicted molar refractivity (Wildman–Crippen MR) is 246 cm³/mol. The minimum Gasteiger partial charge on any atom is -0.475 e. The molecule has 4 bridgehead atoms. The van der Waals surface area contributed by atoms with Crippen LogP contribution in [0.1, 0.15) is 74.6 Å². The van der Waals surface area contributed by atoms with Crippen LogP contribution in [0, 0.1) is 0 Å². The summed E-state index contributed by atoms with van der Waals surface area (Å²) in [5.74, 6) is 0.470. The molecule has 23 heteroatoms. The zero-order chi connectivity index (χ0) is 48.0. The van der Waals surface area contributed by atoms with Crippen molar-refractivity contribution in [2.45, 2.75) is 89.2 Å². The van der Waals surface area contributed by atoms with E-state index in [1.807, 2.05) is 27.7 Å². The molecule has 0 saturated carbocycles. The summed E-state index contributed by atoms with van der Waals surface area (Å²) in [6, 6.07) is 10.3. The molecular formula is C45H58N12O11. The monoisotopic (exact) mass is 942 g/mol. The Balaban J connectivity index is 0.000000157. The fourth-order valence-electron chi connectivity index (χ4n) is 8.48. The van der Waals surface area contributed by atoms with E-state index in [4.69, 9.17) is 38.9 Å². The van der Waals surface area contributed by atoms with Crippen LogP contribution < -0.4 is 40.5 Å². The van der Waals surface area contributed by atoms with E-state index < -0.39 is 29.5 Å². The van der Waals surface area contributed by atoms with Crippen molar-refractivity contribution >= 4 is 52.6 Å². The minimum atomic E-state index is -0.662. The topological polar surface area (TPSA) is 262 Å². The summed E-state index contributed by atoms with van der Waals surface area (Å²) in [7, 11) is 2.60. The molecule has 4 saturated heterocycles. The number of carbonyl (C=O) groups is 3. The Morgan fingerprint density at radius 2 is 1.35 bits per heavy atom. The van der Waals surface area contributed by atoms with Gasteiger partial charge in [-0.2, -0.15) is 9.97 Å². The smallest absolute Gasteiger partial charge is 0.376 e. The SMILES string of the molecule is CC1(C)OC[C@@H](COc2cccc(N)n2)O1.COC(=O)c1ncc2c(n1)N(C(=O)Nc1cccc(OC[C@@H]3COC(C)(C)O3)n1)[C@H]1CCCN2C1.COC(=O)c1ncc2c(n1)N[C@H]1CCCN2C1. The van der Waals surface area contributed by atoms with E-state index >= 15 is 0 Å². The quantitative estimate of drug-likeness (QED) is 0.200. The lowest BCUT2D eigenvalue weighted by Gasteiger charge is -2.45. The predicted octanol–water partition coefficient (Wildman–Crippen LogP) is 4.06. The lowest BCUT2D eigenvalue weighted by atomic mass is 10.0. The van der Waals surface area contributed by atoms with Gasteiger partial charge in [0.1, 0.15) is 37.1 Å². The molecule has 0 aliphatic carbocycles. The molecular weight excluding hydrogens is 885 g/mol. The summed E-state index contributed by atoms with van der Waals surface area (Å²) >= 11 is 0. The Labute approximate surface area is 393 Å². The van der Waals surface area contributed by atoms with E-state index in [0.717, 1.165) is 50.4 Å². The van der Waals surface area contributed by atoms with E-state index in [1.54, 1.807) is 53.7 Å². The number of rotatable bonds is 9. The molecule has 0 spiro atoms. The Hall–Kier alpha value is -6.69. The number of nitrogen functional groups attached to an aromatic ring is 1. The van der Waals surface area contributed by atoms with Gasteiger partial charge >= 0.3 is 18.0 Å². The number of esters is 2. The number of aromatic nitrogens is 6. The maximum Gasteiger partial charge on any atom is 0.376 e. The highest BCUT2D eigenvalue weighted by Crippen LogP contribution is 2.38. The van der Waals surface area contributed by atoms with E-state index in [9.17, 15) is 14.4 Å². The summed E-state index contributed by atoms with van der Waals surface area (Å²) in [6.45, 7) is 12.7. The molecule has 4 aromatic rings. The Morgan fingerprint density at radius 1 is 0.765 bits per heavy atom. The van der Waals surface area contributed by atoms with Crippen molar-refractivity contribution in [2.24, 2.45) is 0 Å². The summed E-state index contributed by atoms with van der Waals surface area (Å²) in [4.78, 5) is 68.0. The third-order valence-electron chi connectivity index (χ3n) is 11.6. The van der Waals surface area contributed by atoms with Crippen LogP contribution in [0.3, 0.4) is 0 Å². The lowest BCUT2D eigenvalue weighted by molar-refractivity contribution is -0.142. The van der Waals surface area contributed by atoms with Gasteiger partial charge < -0.3 is 58.7 Å². The molecule has 4 N–H and O–H groups in total. The van der Waals surface area contributed by atoms with Gasteiger partial charge in [0.05, 0.1) is 57.2 Å². The first kappa shape index (κ1) is 47.8. The molecule has 2 amide bonds. The van der Waals surface area contributed by atoms with Crippen molar-refractivity contribution in [1.29, 1.82) is 0 Å². The van der Waals surface area contributed by atoms with E-state index in [2.05, 4.69) is 55.1 Å². The van der Waals surface area contributed by atoms with Crippen molar-refractivity contribution in [3.05, 3.63) is 60.4 Å². The number of anilines is 6. The number of urea groups is 1. The molecule has 0 aromatic carbocycles. The first-order valence-electron chi connectivity index (χ1n) is 22.5. The van der Waals surface area contributed by atoms with Crippen LogP contribution in [-0.2, 0) is 28.4 Å². The van der Waals surface area contributed by atoms with Crippen molar-refractivity contribution in [3.63, 3.8) is 0 Å². The number of nitrogens with one attached hydrogen (secondary N) is 2. The third-order valence-corrected chi connectivity index (χ3v) is 11.6. The van der Waals surface area contributed by atoms with Crippen molar-refractivity contribution in [2.75, 3.05) is 97.9 Å². The summed E-state index contributed by atoms with van der Waals surface area (Å²) in [5, 5.41) is 6.19. The van der Waals surface area contributed by atoms with Crippen LogP contribution in [0.2, 0.25) is 0 Å². The van der Waals surface area contributed by atoms with E-state index in [1.165, 1.54) is 20.6 Å². The van der Waals surface area contributed by atoms with Gasteiger partial charge in [-0.05, 0) is 65.5 Å². The maximum absolute atomic E-state index is 13.4. The standard InChI is InChI=1S/C23H28N6O6.C11H14N4O2.C11H16N2O3/c1-23(2)34-13-15(35-23)12-33-18-8-4-7-17(25-18)26-22(31)29-14-6-5-9-28(11-14)16-10-24-19(21(30)32-3)27-20(16)29;1-17-11(16)10-12-5-8-9(14-10)13-7-3-2-4-15(8)6-7;1-11(2)15-7-8(16-11)6-14-10-5-3-4-9(12)13-10/h4,7-8,10,14-15H,5-6,9,11-13H2,1-3H3,(H,25,26,31);5,7H,2-4,6H2,1H3,(H,12,13,14);3-5,8H,6-7H2,1-2H3,(H2,12,13)/t14-,15+;7-;8-/m001/s1. The van der Waals surface area contributed by atoms with Gasteiger partial charge in [-0.1, -0.05) is 12.1 Å². The number of pyridine rings is 2. The Morgan fingerprint density at radius 3 is 1.97 bits per heavy atom. The van der Waals surface area contributed by atoms with Crippen LogP contribution in [-0.4, -0.2) is 151 Å². The molecule has 0 radical (unpaired) electrons. The largest absolute Gasteiger partial charge is 0.475 e. The number of ether oxygens (including phenoxy) is 8. The van der Waals surface area contributed by atoms with Crippen LogP contribution in [0.4, 0.5) is 39.4 Å². The average Bonchev–Trinajstić information content (AvgIpc) is 3.88. The molecule has 0 unspecified atom stereocenters. The van der Waals surface area contributed by atoms with Gasteiger partial charge in [-0.15, -0.1) is 0 Å². The molecule has 10 rings (SSSR count). The zero-order valence-corrected chi connectivity index (χ0v) is 39.0. The summed E-state index contributed by atoms with van der Waals surface area (Å²) in [5.41, 5.74) is 7.22. The third kappa shape index (κ3) is 11.7. The number of fused-ring (bicyclic) bond motifs is 8. The zero-order valence-electron chi connectivity index (χ0n) is 39.0. The fourth-order valence-corrected chi connectivity index (χ4v) is 8.48. The van der Waals surface area contributed by atoms with Gasteiger partial charge in [-0.3, -0.25) is 10.2 Å². The van der Waals surface area contributed by atoms with Crippen LogP contribution in [0.5, 0.6) is 11.8 Å². The van der Waals surface area contributed by atoms with Crippen LogP contribution in [0.15, 0.2) is 48.8 Å². The number of hydrogen-bond acceptors (Lipinski definition) is 21. The molecule has 4 atom stereocenters. The number of nitrogens with two attached hydrogens (primary N) is 1. The average molecular weight is 943 g/mol. The Kier molecular flexibility index (Phi) is 14.5. The highest BCUT2D eigenvalue weighted by molar-refractivity contribution is 6.04. The molecule has 10 heterocycles. The van der Waals surface area contributed by atoms with Gasteiger partial charge in [-0.25, -0.2) is 34.3 Å². The molecule has 364 valence electrons. The summed E-state index contributed by atoms with van der Waals surface area (Å²) < 4.78 is 42.9. The first-order valence-corrected chi connectivity index (χ1v) is 22.5. The van der Waals surface area contributed by atoms with Crippen molar-refractivity contribution in [1.82, 2.24) is 29.9 Å². The van der Waals surface area contributed by atoms with Gasteiger partial charge in [0.2, 0.25) is 23.4 Å². The highest BCUT2D eigenvalue weighted by Gasteiger charge is 2.40. The molecule has 6 aliphatic heterocycles. The van der Waals surface area contributed by atoms with E-state index in [-0.39, 0.29) is 36.5 Å². The van der Waals surface area contributed by atoms with Crippen LogP contribution in [0.25, 0.3) is 0 Å².